The van der Waals surface area contributed by atoms with Crippen molar-refractivity contribution in [2.75, 3.05) is 5.75 Å². The maximum absolute atomic E-state index is 12.3. The van der Waals surface area contributed by atoms with Crippen molar-refractivity contribution >= 4 is 17.7 Å². The molecule has 1 amide bonds. The van der Waals surface area contributed by atoms with E-state index >= 15 is 0 Å². The maximum atomic E-state index is 12.3. The number of carbonyl (C=O) groups excluding carboxylic acids is 1. The van der Waals surface area contributed by atoms with Crippen molar-refractivity contribution in [1.29, 1.82) is 0 Å². The molecule has 0 aliphatic carbocycles. The first-order chi connectivity index (χ1) is 12.3. The van der Waals surface area contributed by atoms with E-state index in [2.05, 4.69) is 54.2 Å². The van der Waals surface area contributed by atoms with Gasteiger partial charge in [-0.05, 0) is 36.2 Å². The Bertz CT molecular complexity index is 869. The normalized spacial score (nSPS) is 17.4. The van der Waals surface area contributed by atoms with Gasteiger partial charge in [0.25, 0.3) is 0 Å². The lowest BCUT2D eigenvalue weighted by molar-refractivity contribution is -0.128. The summed E-state index contributed by atoms with van der Waals surface area (Å²) in [7, 11) is 0. The predicted octanol–water partition coefficient (Wildman–Crippen LogP) is 4.41. The van der Waals surface area contributed by atoms with Gasteiger partial charge in [0.05, 0.1) is 18.6 Å². The molecule has 3 heterocycles. The first kappa shape index (κ1) is 16.1. The molecule has 0 radical (unpaired) electrons. The van der Waals surface area contributed by atoms with Crippen LogP contribution in [-0.4, -0.2) is 21.1 Å². The van der Waals surface area contributed by atoms with Crippen molar-refractivity contribution in [3.8, 4) is 5.69 Å². The predicted molar refractivity (Wildman–Crippen MR) is 99.6 cm³/mol. The SMILES string of the molecule is CCc1ccccc1-n1ccc([C@H]2SCC(=O)N2Cc2ccco2)c1. The van der Waals surface area contributed by atoms with Crippen LogP contribution in [-0.2, 0) is 17.8 Å². The zero-order valence-electron chi connectivity index (χ0n) is 14.1. The Balaban J connectivity index is 1.61. The zero-order chi connectivity index (χ0) is 17.2. The van der Waals surface area contributed by atoms with Gasteiger partial charge in [0.15, 0.2) is 0 Å². The lowest BCUT2D eigenvalue weighted by atomic mass is 10.1. The van der Waals surface area contributed by atoms with Gasteiger partial charge < -0.3 is 13.9 Å². The highest BCUT2D eigenvalue weighted by Gasteiger charge is 2.33. The second-order valence-electron chi connectivity index (χ2n) is 6.10. The molecule has 4 nitrogen and oxygen atoms in total. The number of rotatable bonds is 5. The number of aromatic nitrogens is 1. The molecular weight excluding hydrogens is 332 g/mol. The lowest BCUT2D eigenvalue weighted by Gasteiger charge is -2.22. The van der Waals surface area contributed by atoms with Crippen LogP contribution in [0.4, 0.5) is 0 Å². The van der Waals surface area contributed by atoms with Gasteiger partial charge in [-0.1, -0.05) is 25.1 Å². The van der Waals surface area contributed by atoms with E-state index in [-0.39, 0.29) is 11.3 Å². The van der Waals surface area contributed by atoms with Crippen molar-refractivity contribution in [2.45, 2.75) is 25.3 Å². The summed E-state index contributed by atoms with van der Waals surface area (Å²) in [6, 6.07) is 14.3. The van der Waals surface area contributed by atoms with Gasteiger partial charge in [-0.2, -0.15) is 0 Å². The summed E-state index contributed by atoms with van der Waals surface area (Å²) in [5.74, 6) is 1.49. The molecule has 0 N–H and O–H groups in total. The number of nitrogens with zero attached hydrogens (tertiary/aromatic N) is 2. The molecule has 0 bridgehead atoms. The number of hydrogen-bond donors (Lipinski definition) is 0. The Morgan fingerprint density at radius 1 is 1.20 bits per heavy atom. The molecule has 0 spiro atoms. The highest BCUT2D eigenvalue weighted by molar-refractivity contribution is 8.00. The lowest BCUT2D eigenvalue weighted by Crippen LogP contribution is -2.27. The van der Waals surface area contributed by atoms with Crippen molar-refractivity contribution in [1.82, 2.24) is 9.47 Å². The van der Waals surface area contributed by atoms with E-state index in [9.17, 15) is 4.79 Å². The maximum Gasteiger partial charge on any atom is 0.234 e. The Morgan fingerprint density at radius 2 is 2.08 bits per heavy atom. The summed E-state index contributed by atoms with van der Waals surface area (Å²) in [5.41, 5.74) is 3.66. The van der Waals surface area contributed by atoms with Gasteiger partial charge in [-0.15, -0.1) is 11.8 Å². The highest BCUT2D eigenvalue weighted by atomic mass is 32.2. The number of carbonyl (C=O) groups is 1. The molecule has 128 valence electrons. The molecule has 1 aliphatic rings. The third kappa shape index (κ3) is 3.12. The van der Waals surface area contributed by atoms with Crippen LogP contribution in [0.25, 0.3) is 5.69 Å². The van der Waals surface area contributed by atoms with Crippen molar-refractivity contribution < 1.29 is 9.21 Å². The summed E-state index contributed by atoms with van der Waals surface area (Å²) in [6.07, 6.45) is 6.86. The van der Waals surface area contributed by atoms with Crippen LogP contribution in [0.2, 0.25) is 0 Å². The van der Waals surface area contributed by atoms with E-state index in [1.807, 2.05) is 17.0 Å². The van der Waals surface area contributed by atoms with Gasteiger partial charge in [0, 0.05) is 23.6 Å². The molecule has 4 rings (SSSR count). The van der Waals surface area contributed by atoms with E-state index in [4.69, 9.17) is 4.42 Å². The Kier molecular flexibility index (Phi) is 4.40. The summed E-state index contributed by atoms with van der Waals surface area (Å²) in [5, 5.41) is 0.0349. The van der Waals surface area contributed by atoms with Crippen LogP contribution in [0.5, 0.6) is 0 Å². The molecule has 3 aromatic rings. The number of thioether (sulfide) groups is 1. The third-order valence-corrected chi connectivity index (χ3v) is 5.78. The van der Waals surface area contributed by atoms with E-state index in [1.54, 1.807) is 18.0 Å². The Hall–Kier alpha value is -2.40. The molecule has 1 atom stereocenters. The number of hydrogen-bond acceptors (Lipinski definition) is 3. The summed E-state index contributed by atoms with van der Waals surface area (Å²) in [6.45, 7) is 2.68. The minimum Gasteiger partial charge on any atom is -0.467 e. The van der Waals surface area contributed by atoms with Gasteiger partial charge >= 0.3 is 0 Å². The first-order valence-corrected chi connectivity index (χ1v) is 9.50. The minimum atomic E-state index is 0.0349. The monoisotopic (exact) mass is 352 g/mol. The average molecular weight is 352 g/mol. The zero-order valence-corrected chi connectivity index (χ0v) is 14.9. The molecule has 1 aliphatic heterocycles. The summed E-state index contributed by atoms with van der Waals surface area (Å²) >= 11 is 1.67. The molecule has 25 heavy (non-hydrogen) atoms. The fourth-order valence-corrected chi connectivity index (χ4v) is 4.41. The molecule has 5 heteroatoms. The van der Waals surface area contributed by atoms with Crippen molar-refractivity contribution in [2.24, 2.45) is 0 Å². The second-order valence-corrected chi connectivity index (χ2v) is 7.17. The highest BCUT2D eigenvalue weighted by Crippen LogP contribution is 2.40. The number of amides is 1. The van der Waals surface area contributed by atoms with Crippen LogP contribution < -0.4 is 0 Å². The van der Waals surface area contributed by atoms with Crippen molar-refractivity contribution in [3.05, 3.63) is 78.0 Å². The Labute approximate surface area is 151 Å². The minimum absolute atomic E-state index is 0.0349. The van der Waals surface area contributed by atoms with E-state index in [0.717, 1.165) is 17.7 Å². The molecule has 1 fully saturated rings. The van der Waals surface area contributed by atoms with Crippen LogP contribution in [0.1, 0.15) is 29.2 Å². The first-order valence-electron chi connectivity index (χ1n) is 8.46. The summed E-state index contributed by atoms with van der Waals surface area (Å²) < 4.78 is 7.58. The van der Waals surface area contributed by atoms with Gasteiger partial charge in [0.2, 0.25) is 5.91 Å². The van der Waals surface area contributed by atoms with Crippen LogP contribution in [0.15, 0.2) is 65.5 Å². The molecular formula is C20H20N2O2S. The van der Waals surface area contributed by atoms with E-state index in [1.165, 1.54) is 11.3 Å². The number of aryl methyl sites for hydroxylation is 1. The van der Waals surface area contributed by atoms with Crippen molar-refractivity contribution in [3.63, 3.8) is 0 Å². The topological polar surface area (TPSA) is 38.4 Å². The average Bonchev–Trinajstić information content (AvgIpc) is 3.38. The molecule has 1 saturated heterocycles. The smallest absolute Gasteiger partial charge is 0.234 e. The van der Waals surface area contributed by atoms with Crippen LogP contribution >= 0.6 is 11.8 Å². The fraction of sp³-hybridized carbons (Fsp3) is 0.250. The summed E-state index contributed by atoms with van der Waals surface area (Å²) in [4.78, 5) is 14.2. The van der Waals surface area contributed by atoms with Gasteiger partial charge in [-0.25, -0.2) is 0 Å². The number of benzene rings is 1. The van der Waals surface area contributed by atoms with Gasteiger partial charge in [-0.3, -0.25) is 4.79 Å². The quantitative estimate of drug-likeness (QED) is 0.683. The fourth-order valence-electron chi connectivity index (χ4n) is 3.24. The van der Waals surface area contributed by atoms with E-state index in [0.29, 0.717) is 12.3 Å². The Morgan fingerprint density at radius 3 is 2.88 bits per heavy atom. The largest absolute Gasteiger partial charge is 0.467 e. The second kappa shape index (κ2) is 6.84. The van der Waals surface area contributed by atoms with Crippen LogP contribution in [0.3, 0.4) is 0 Å². The standard InChI is InChI=1S/C20H20N2O2S/c1-2-15-6-3-4-8-18(15)21-10-9-16(12-21)20-22(19(23)14-25-20)13-17-7-5-11-24-17/h3-12,20H,2,13-14H2,1H3/t20-/m1/s1. The van der Waals surface area contributed by atoms with Gasteiger partial charge in [0.1, 0.15) is 11.1 Å². The molecule has 0 unspecified atom stereocenters. The van der Waals surface area contributed by atoms with Crippen LogP contribution in [0, 0.1) is 0 Å². The molecule has 0 saturated carbocycles. The number of furan rings is 1. The third-order valence-electron chi connectivity index (χ3n) is 4.53. The molecule has 1 aromatic carbocycles. The molecule has 2 aromatic heterocycles. The van der Waals surface area contributed by atoms with E-state index < -0.39 is 0 Å². The number of para-hydroxylation sites is 1.